The molecule has 0 aliphatic carbocycles. The summed E-state index contributed by atoms with van der Waals surface area (Å²) in [5, 5.41) is 7.86. The number of rotatable bonds is 6. The number of aromatic nitrogens is 2. The molecule has 0 aliphatic rings. The third-order valence-corrected chi connectivity index (χ3v) is 3.55. The van der Waals surface area contributed by atoms with Crippen LogP contribution in [0.15, 0.2) is 29.2 Å². The van der Waals surface area contributed by atoms with Crippen LogP contribution >= 0.6 is 11.3 Å². The van der Waals surface area contributed by atoms with Gasteiger partial charge in [0.15, 0.2) is 0 Å². The van der Waals surface area contributed by atoms with Gasteiger partial charge in [-0.3, -0.25) is 9.97 Å². The Morgan fingerprint density at radius 1 is 1.33 bits per heavy atom. The number of nitrogens with one attached hydrogen (secondary N) is 1. The minimum absolute atomic E-state index is 0.257. The fourth-order valence-electron chi connectivity index (χ4n) is 1.83. The first-order valence-electron chi connectivity index (χ1n) is 6.32. The Morgan fingerprint density at radius 3 is 2.83 bits per heavy atom. The molecule has 3 nitrogen and oxygen atoms in total. The maximum absolute atomic E-state index is 4.49. The predicted octanol–water partition coefficient (Wildman–Crippen LogP) is 3.13. The first-order valence-corrected chi connectivity index (χ1v) is 7.27. The van der Waals surface area contributed by atoms with E-state index >= 15 is 0 Å². The Labute approximate surface area is 112 Å². The van der Waals surface area contributed by atoms with Gasteiger partial charge in [0.2, 0.25) is 0 Å². The lowest BCUT2D eigenvalue weighted by atomic mass is 10.1. The highest BCUT2D eigenvalue weighted by atomic mass is 32.1. The van der Waals surface area contributed by atoms with Crippen LogP contribution in [0.4, 0.5) is 0 Å². The Bertz CT molecular complexity index is 450. The highest BCUT2D eigenvalue weighted by Gasteiger charge is 2.13. The minimum Gasteiger partial charge on any atom is -0.308 e. The quantitative estimate of drug-likeness (QED) is 0.868. The monoisotopic (exact) mass is 261 g/mol. The summed E-state index contributed by atoms with van der Waals surface area (Å²) >= 11 is 1.74. The van der Waals surface area contributed by atoms with Crippen molar-refractivity contribution in [3.63, 3.8) is 0 Å². The van der Waals surface area contributed by atoms with E-state index in [9.17, 15) is 0 Å². The van der Waals surface area contributed by atoms with Crippen LogP contribution in [0.1, 0.15) is 36.3 Å². The third kappa shape index (κ3) is 3.62. The van der Waals surface area contributed by atoms with Gasteiger partial charge in [-0.2, -0.15) is 11.3 Å². The number of hydrogen-bond acceptors (Lipinski definition) is 4. The molecule has 0 aliphatic heterocycles. The second kappa shape index (κ2) is 6.61. The van der Waals surface area contributed by atoms with Crippen molar-refractivity contribution in [1.82, 2.24) is 15.3 Å². The molecule has 1 unspecified atom stereocenters. The van der Waals surface area contributed by atoms with Crippen LogP contribution in [0.2, 0.25) is 0 Å². The predicted molar refractivity (Wildman–Crippen MR) is 75.8 cm³/mol. The molecule has 0 amide bonds. The van der Waals surface area contributed by atoms with Crippen molar-refractivity contribution in [2.75, 3.05) is 6.54 Å². The maximum atomic E-state index is 4.49. The molecule has 2 aromatic heterocycles. The summed E-state index contributed by atoms with van der Waals surface area (Å²) in [5.41, 5.74) is 3.35. The summed E-state index contributed by atoms with van der Waals surface area (Å²) in [6.45, 7) is 5.14. The van der Waals surface area contributed by atoms with Crippen molar-refractivity contribution in [3.8, 4) is 0 Å². The van der Waals surface area contributed by atoms with E-state index in [2.05, 4.69) is 39.0 Å². The first kappa shape index (κ1) is 13.2. The molecule has 1 N–H and O–H groups in total. The molecule has 2 aromatic rings. The zero-order chi connectivity index (χ0) is 12.8. The number of aryl methyl sites for hydroxylation is 1. The van der Waals surface area contributed by atoms with Gasteiger partial charge in [-0.25, -0.2) is 0 Å². The Balaban J connectivity index is 2.11. The van der Waals surface area contributed by atoms with E-state index in [0.29, 0.717) is 0 Å². The van der Waals surface area contributed by atoms with Gasteiger partial charge in [-0.1, -0.05) is 6.92 Å². The SMILES string of the molecule is CCCNC(Cc1ccsc1)c1cnc(C)cn1. The second-order valence-electron chi connectivity index (χ2n) is 4.43. The maximum Gasteiger partial charge on any atom is 0.0759 e. The zero-order valence-electron chi connectivity index (χ0n) is 10.9. The van der Waals surface area contributed by atoms with Gasteiger partial charge in [0.25, 0.3) is 0 Å². The van der Waals surface area contributed by atoms with Crippen LogP contribution in [0.5, 0.6) is 0 Å². The average Bonchev–Trinajstić information content (AvgIpc) is 2.88. The van der Waals surface area contributed by atoms with E-state index in [4.69, 9.17) is 0 Å². The fraction of sp³-hybridized carbons (Fsp3) is 0.429. The van der Waals surface area contributed by atoms with Crippen molar-refractivity contribution >= 4 is 11.3 Å². The van der Waals surface area contributed by atoms with Gasteiger partial charge in [0, 0.05) is 6.20 Å². The molecule has 0 radical (unpaired) electrons. The molecule has 0 saturated carbocycles. The lowest BCUT2D eigenvalue weighted by Gasteiger charge is -2.17. The Kier molecular flexibility index (Phi) is 4.84. The van der Waals surface area contributed by atoms with Crippen molar-refractivity contribution in [2.45, 2.75) is 32.7 Å². The topological polar surface area (TPSA) is 37.8 Å². The molecule has 1 atom stereocenters. The molecular weight excluding hydrogens is 242 g/mol. The van der Waals surface area contributed by atoms with E-state index in [-0.39, 0.29) is 6.04 Å². The van der Waals surface area contributed by atoms with Crippen LogP contribution in [-0.2, 0) is 6.42 Å². The van der Waals surface area contributed by atoms with Crippen molar-refractivity contribution in [3.05, 3.63) is 46.2 Å². The molecule has 18 heavy (non-hydrogen) atoms. The summed E-state index contributed by atoms with van der Waals surface area (Å²) in [5.74, 6) is 0. The van der Waals surface area contributed by atoms with Gasteiger partial charge >= 0.3 is 0 Å². The van der Waals surface area contributed by atoms with E-state index in [1.54, 1.807) is 11.3 Å². The van der Waals surface area contributed by atoms with Crippen molar-refractivity contribution < 1.29 is 0 Å². The van der Waals surface area contributed by atoms with Gasteiger partial charge in [-0.15, -0.1) is 0 Å². The van der Waals surface area contributed by atoms with Crippen LogP contribution in [0, 0.1) is 6.92 Å². The summed E-state index contributed by atoms with van der Waals surface area (Å²) < 4.78 is 0. The van der Waals surface area contributed by atoms with Crippen LogP contribution < -0.4 is 5.32 Å². The fourth-order valence-corrected chi connectivity index (χ4v) is 2.51. The van der Waals surface area contributed by atoms with Crippen molar-refractivity contribution in [2.24, 2.45) is 0 Å². The summed E-state index contributed by atoms with van der Waals surface area (Å²) in [7, 11) is 0. The number of thiophene rings is 1. The standard InChI is InChI=1S/C14H19N3S/c1-3-5-15-13(7-12-4-6-18-10-12)14-9-16-11(2)8-17-14/h4,6,8-10,13,15H,3,5,7H2,1-2H3. The first-order chi connectivity index (χ1) is 8.79. The summed E-state index contributed by atoms with van der Waals surface area (Å²) in [6.07, 6.45) is 5.82. The molecular formula is C14H19N3S. The van der Waals surface area contributed by atoms with Crippen LogP contribution in [0.25, 0.3) is 0 Å². The summed E-state index contributed by atoms with van der Waals surface area (Å²) in [4.78, 5) is 8.83. The molecule has 0 aromatic carbocycles. The number of hydrogen-bond donors (Lipinski definition) is 1. The lowest BCUT2D eigenvalue weighted by Crippen LogP contribution is -2.25. The molecule has 2 heterocycles. The third-order valence-electron chi connectivity index (χ3n) is 2.82. The number of nitrogens with zero attached hydrogens (tertiary/aromatic N) is 2. The Hall–Kier alpha value is -1.26. The van der Waals surface area contributed by atoms with E-state index in [0.717, 1.165) is 30.8 Å². The highest BCUT2D eigenvalue weighted by Crippen LogP contribution is 2.18. The second-order valence-corrected chi connectivity index (χ2v) is 5.21. The minimum atomic E-state index is 0.257. The van der Waals surface area contributed by atoms with Gasteiger partial charge < -0.3 is 5.32 Å². The van der Waals surface area contributed by atoms with Gasteiger partial charge in [-0.05, 0) is 48.7 Å². The van der Waals surface area contributed by atoms with E-state index in [1.165, 1.54) is 5.56 Å². The summed E-state index contributed by atoms with van der Waals surface area (Å²) in [6, 6.07) is 2.43. The normalized spacial score (nSPS) is 12.6. The van der Waals surface area contributed by atoms with Crippen LogP contribution in [-0.4, -0.2) is 16.5 Å². The molecule has 4 heteroatoms. The smallest absolute Gasteiger partial charge is 0.0759 e. The largest absolute Gasteiger partial charge is 0.308 e. The molecule has 0 saturated heterocycles. The molecule has 0 fully saturated rings. The highest BCUT2D eigenvalue weighted by molar-refractivity contribution is 7.07. The molecule has 0 bridgehead atoms. The van der Waals surface area contributed by atoms with Crippen molar-refractivity contribution in [1.29, 1.82) is 0 Å². The molecule has 2 rings (SSSR count). The molecule has 0 spiro atoms. The zero-order valence-corrected chi connectivity index (χ0v) is 11.7. The Morgan fingerprint density at radius 2 is 2.22 bits per heavy atom. The van der Waals surface area contributed by atoms with Gasteiger partial charge in [0.05, 0.1) is 23.6 Å². The van der Waals surface area contributed by atoms with E-state index < -0.39 is 0 Å². The lowest BCUT2D eigenvalue weighted by molar-refractivity contribution is 0.516. The average molecular weight is 261 g/mol. The van der Waals surface area contributed by atoms with Gasteiger partial charge in [0.1, 0.15) is 0 Å². The van der Waals surface area contributed by atoms with E-state index in [1.807, 2.05) is 19.3 Å². The molecule has 96 valence electrons. The van der Waals surface area contributed by atoms with Crippen LogP contribution in [0.3, 0.4) is 0 Å².